The van der Waals surface area contributed by atoms with Crippen molar-refractivity contribution >= 4 is 17.7 Å². The Kier molecular flexibility index (Phi) is 8.35. The van der Waals surface area contributed by atoms with Crippen molar-refractivity contribution in [2.45, 2.75) is 52.4 Å². The number of dihydropyridines is 1. The van der Waals surface area contributed by atoms with Gasteiger partial charge in [-0.1, -0.05) is 43.3 Å². The Bertz CT molecular complexity index is 1290. The van der Waals surface area contributed by atoms with Crippen molar-refractivity contribution in [1.82, 2.24) is 5.32 Å². The highest BCUT2D eigenvalue weighted by Crippen LogP contribution is 2.48. The van der Waals surface area contributed by atoms with Crippen LogP contribution in [0.15, 0.2) is 71.1 Å². The van der Waals surface area contributed by atoms with E-state index in [1.165, 1.54) is 0 Å². The minimum absolute atomic E-state index is 0.159. The fraction of sp³-hybridized carbons (Fsp3) is 0.387. The molecule has 7 heteroatoms. The van der Waals surface area contributed by atoms with Crippen LogP contribution in [-0.4, -0.2) is 38.0 Å². The summed E-state index contributed by atoms with van der Waals surface area (Å²) in [5, 5.41) is 3.33. The van der Waals surface area contributed by atoms with Gasteiger partial charge >= 0.3 is 11.9 Å². The first kappa shape index (κ1) is 27.2. The molecule has 0 amide bonds. The number of allylic oxidation sites excluding steroid dienone is 3. The van der Waals surface area contributed by atoms with Gasteiger partial charge in [-0.2, -0.15) is 0 Å². The second-order valence-corrected chi connectivity index (χ2v) is 9.49. The third kappa shape index (κ3) is 5.10. The molecule has 1 heterocycles. The molecule has 0 aromatic heterocycles. The van der Waals surface area contributed by atoms with Crippen LogP contribution in [0, 0.1) is 5.92 Å². The fourth-order valence-corrected chi connectivity index (χ4v) is 5.48. The zero-order valence-corrected chi connectivity index (χ0v) is 22.6. The van der Waals surface area contributed by atoms with Crippen LogP contribution in [0.1, 0.15) is 62.6 Å². The Hall–Kier alpha value is -3.87. The molecule has 38 heavy (non-hydrogen) atoms. The monoisotopic (exact) mass is 517 g/mol. The molecule has 7 nitrogen and oxygen atoms in total. The van der Waals surface area contributed by atoms with Crippen LogP contribution in [0.2, 0.25) is 0 Å². The molecule has 2 aliphatic rings. The number of ether oxygens (including phenoxy) is 3. The van der Waals surface area contributed by atoms with Gasteiger partial charge in [0.05, 0.1) is 25.9 Å². The minimum Gasteiger partial charge on any atom is -0.497 e. The van der Waals surface area contributed by atoms with E-state index in [-0.39, 0.29) is 19.0 Å². The fourth-order valence-electron chi connectivity index (χ4n) is 5.48. The van der Waals surface area contributed by atoms with Crippen LogP contribution in [0.25, 0.3) is 0 Å². The Labute approximate surface area is 223 Å². The van der Waals surface area contributed by atoms with E-state index in [2.05, 4.69) is 12.2 Å². The molecule has 3 atom stereocenters. The Morgan fingerprint density at radius 2 is 1.68 bits per heavy atom. The predicted molar refractivity (Wildman–Crippen MR) is 144 cm³/mol. The lowest BCUT2D eigenvalue weighted by Gasteiger charge is -2.39. The lowest BCUT2D eigenvalue weighted by molar-refractivity contribution is -0.152. The van der Waals surface area contributed by atoms with E-state index in [0.717, 1.165) is 23.1 Å². The highest BCUT2D eigenvalue weighted by atomic mass is 16.5. The molecule has 0 saturated carbocycles. The lowest BCUT2D eigenvalue weighted by Crippen LogP contribution is -2.43. The summed E-state index contributed by atoms with van der Waals surface area (Å²) >= 11 is 0. The maximum absolute atomic E-state index is 14.3. The molecule has 4 rings (SSSR count). The zero-order valence-electron chi connectivity index (χ0n) is 22.6. The molecule has 200 valence electrons. The summed E-state index contributed by atoms with van der Waals surface area (Å²) in [6.45, 7) is 7.74. The minimum atomic E-state index is -1.05. The topological polar surface area (TPSA) is 90.9 Å². The van der Waals surface area contributed by atoms with Gasteiger partial charge in [-0.05, 0) is 62.4 Å². The average Bonchev–Trinajstić information content (AvgIpc) is 2.92. The van der Waals surface area contributed by atoms with Gasteiger partial charge in [0, 0.05) is 28.8 Å². The number of hydrogen-bond acceptors (Lipinski definition) is 7. The number of nitrogens with one attached hydrogen (secondary N) is 1. The summed E-state index contributed by atoms with van der Waals surface area (Å²) in [7, 11) is 1.58. The molecule has 0 saturated heterocycles. The summed E-state index contributed by atoms with van der Waals surface area (Å²) in [4.78, 5) is 40.9. The average molecular weight is 518 g/mol. The van der Waals surface area contributed by atoms with Crippen LogP contribution in [-0.2, 0) is 30.3 Å². The van der Waals surface area contributed by atoms with Crippen LogP contribution >= 0.6 is 0 Å². The van der Waals surface area contributed by atoms with Crippen LogP contribution in [0.5, 0.6) is 5.75 Å². The molecule has 1 aliphatic carbocycles. The first-order valence-electron chi connectivity index (χ1n) is 13.2. The SMILES string of the molecule is CCOC(=O)C1=C(C)NC2=C(C(=O)[C@@H](C(=O)OCC)[C@@H](c3cccc(OC)c3)C2)[C@H]1c1ccc(CC)cc1. The zero-order chi connectivity index (χ0) is 27.4. The first-order valence-corrected chi connectivity index (χ1v) is 13.2. The molecule has 1 aliphatic heterocycles. The third-order valence-electron chi connectivity index (χ3n) is 7.30. The Morgan fingerprint density at radius 1 is 0.974 bits per heavy atom. The summed E-state index contributed by atoms with van der Waals surface area (Å²) in [5.74, 6) is -2.92. The van der Waals surface area contributed by atoms with Crippen molar-refractivity contribution < 1.29 is 28.6 Å². The Balaban J connectivity index is 1.89. The van der Waals surface area contributed by atoms with E-state index in [0.29, 0.717) is 34.7 Å². The molecule has 2 aromatic rings. The molecular weight excluding hydrogens is 482 g/mol. The number of esters is 2. The van der Waals surface area contributed by atoms with Gasteiger partial charge in [-0.3, -0.25) is 9.59 Å². The molecule has 0 fully saturated rings. The van der Waals surface area contributed by atoms with Crippen LogP contribution in [0.4, 0.5) is 0 Å². The molecule has 1 N–H and O–H groups in total. The summed E-state index contributed by atoms with van der Waals surface area (Å²) < 4.78 is 16.2. The number of rotatable bonds is 8. The van der Waals surface area contributed by atoms with Crippen molar-refractivity contribution in [3.8, 4) is 5.75 Å². The number of ketones is 1. The van der Waals surface area contributed by atoms with E-state index in [4.69, 9.17) is 14.2 Å². The standard InChI is InChI=1S/C31H35NO6/c1-6-19-12-14-20(15-13-19)26-25(30(34)37-7-2)18(4)32-24-17-23(21-10-9-11-22(16-21)36-5)27(29(33)28(24)26)31(35)38-8-3/h9-16,23,26-27,32H,6-8,17H2,1-5H3/t23-,26+,27+/m1/s1. The second kappa shape index (κ2) is 11.7. The van der Waals surface area contributed by atoms with Crippen LogP contribution in [0.3, 0.4) is 0 Å². The number of methoxy groups -OCH3 is 1. The predicted octanol–water partition coefficient (Wildman–Crippen LogP) is 4.97. The van der Waals surface area contributed by atoms with Crippen molar-refractivity contribution in [2.75, 3.05) is 20.3 Å². The molecule has 0 unspecified atom stereocenters. The summed E-state index contributed by atoms with van der Waals surface area (Å²) in [5.41, 5.74) is 4.90. The number of Topliss-reactive ketones (excluding diaryl/α,β-unsaturated/α-hetero) is 1. The number of hydrogen-bond donors (Lipinski definition) is 1. The maximum Gasteiger partial charge on any atom is 0.336 e. The highest BCUT2D eigenvalue weighted by molar-refractivity contribution is 6.13. The van der Waals surface area contributed by atoms with E-state index in [9.17, 15) is 14.4 Å². The van der Waals surface area contributed by atoms with E-state index in [1.807, 2.05) is 55.5 Å². The van der Waals surface area contributed by atoms with Crippen molar-refractivity contribution in [3.05, 3.63) is 87.8 Å². The molecule has 0 radical (unpaired) electrons. The molecular formula is C31H35NO6. The molecule has 0 bridgehead atoms. The number of aryl methyl sites for hydroxylation is 1. The first-order chi connectivity index (χ1) is 18.3. The highest BCUT2D eigenvalue weighted by Gasteiger charge is 2.49. The van der Waals surface area contributed by atoms with E-state index >= 15 is 0 Å². The molecule has 2 aromatic carbocycles. The number of benzene rings is 2. The van der Waals surface area contributed by atoms with Gasteiger partial charge in [0.15, 0.2) is 5.78 Å². The van der Waals surface area contributed by atoms with E-state index in [1.54, 1.807) is 21.0 Å². The van der Waals surface area contributed by atoms with Crippen LogP contribution < -0.4 is 10.1 Å². The van der Waals surface area contributed by atoms with Gasteiger partial charge < -0.3 is 19.5 Å². The smallest absolute Gasteiger partial charge is 0.336 e. The third-order valence-corrected chi connectivity index (χ3v) is 7.30. The maximum atomic E-state index is 14.3. The van der Waals surface area contributed by atoms with Gasteiger partial charge in [-0.15, -0.1) is 0 Å². The van der Waals surface area contributed by atoms with E-state index < -0.39 is 29.7 Å². The molecule has 0 spiro atoms. The van der Waals surface area contributed by atoms with Crippen molar-refractivity contribution in [3.63, 3.8) is 0 Å². The van der Waals surface area contributed by atoms with Gasteiger partial charge in [0.25, 0.3) is 0 Å². The van der Waals surface area contributed by atoms with Crippen molar-refractivity contribution in [2.24, 2.45) is 5.92 Å². The number of carbonyl (C=O) groups is 3. The second-order valence-electron chi connectivity index (χ2n) is 9.49. The quantitative estimate of drug-likeness (QED) is 0.390. The summed E-state index contributed by atoms with van der Waals surface area (Å²) in [6.07, 6.45) is 1.26. The largest absolute Gasteiger partial charge is 0.497 e. The number of carbonyl (C=O) groups excluding carboxylic acids is 3. The van der Waals surface area contributed by atoms with Gasteiger partial charge in [0.1, 0.15) is 11.7 Å². The van der Waals surface area contributed by atoms with Crippen molar-refractivity contribution in [1.29, 1.82) is 0 Å². The summed E-state index contributed by atoms with van der Waals surface area (Å²) in [6, 6.07) is 15.3. The normalized spacial score (nSPS) is 21.0. The Morgan fingerprint density at radius 3 is 2.32 bits per heavy atom. The lowest BCUT2D eigenvalue weighted by atomic mass is 9.67. The van der Waals surface area contributed by atoms with Gasteiger partial charge in [-0.25, -0.2) is 4.79 Å². The van der Waals surface area contributed by atoms with Gasteiger partial charge in [0.2, 0.25) is 0 Å².